The zero-order valence-electron chi connectivity index (χ0n) is 10.4. The minimum absolute atomic E-state index is 0.0304. The molecule has 1 heterocycles. The minimum Gasteiger partial charge on any atom is -0.392 e. The third-order valence-corrected chi connectivity index (χ3v) is 3.18. The highest BCUT2D eigenvalue weighted by Crippen LogP contribution is 2.25. The Morgan fingerprint density at radius 3 is 2.89 bits per heavy atom. The number of nitro groups is 1. The summed E-state index contributed by atoms with van der Waals surface area (Å²) in [6.45, 7) is 1.97. The van der Waals surface area contributed by atoms with Crippen molar-refractivity contribution in [3.05, 3.63) is 33.9 Å². The van der Waals surface area contributed by atoms with Crippen LogP contribution in [0.15, 0.2) is 18.2 Å². The van der Waals surface area contributed by atoms with Gasteiger partial charge in [0.05, 0.1) is 28.3 Å². The van der Waals surface area contributed by atoms with E-state index >= 15 is 0 Å². The monoisotopic (exact) mass is 265 g/mol. The predicted octanol–water partition coefficient (Wildman–Crippen LogP) is 0.565. The number of anilines is 1. The molecule has 0 bridgehead atoms. The van der Waals surface area contributed by atoms with Crippen LogP contribution in [0.3, 0.4) is 0 Å². The lowest BCUT2D eigenvalue weighted by Gasteiger charge is -2.12. The lowest BCUT2D eigenvalue weighted by molar-refractivity contribution is -0.385. The number of nitrogens with zero attached hydrogens (tertiary/aromatic N) is 1. The molecule has 0 aromatic heterocycles. The third kappa shape index (κ3) is 2.88. The Morgan fingerprint density at radius 1 is 1.58 bits per heavy atom. The molecule has 1 amide bonds. The summed E-state index contributed by atoms with van der Waals surface area (Å²) in [6.07, 6.45) is -0.179. The van der Waals surface area contributed by atoms with Gasteiger partial charge in [-0.2, -0.15) is 0 Å². The summed E-state index contributed by atoms with van der Waals surface area (Å²) in [6, 6.07) is 4.07. The average Bonchev–Trinajstić information content (AvgIpc) is 2.78. The number of rotatable bonds is 3. The molecule has 1 aromatic rings. The zero-order valence-corrected chi connectivity index (χ0v) is 10.4. The van der Waals surface area contributed by atoms with E-state index in [2.05, 4.69) is 10.6 Å². The van der Waals surface area contributed by atoms with Crippen molar-refractivity contribution in [3.8, 4) is 0 Å². The van der Waals surface area contributed by atoms with Crippen LogP contribution in [0, 0.1) is 17.0 Å². The minimum atomic E-state index is -0.526. The summed E-state index contributed by atoms with van der Waals surface area (Å²) in [5.74, 6) is -0.292. The number of β-amino-alcohol motifs (C(OH)–C–C–N with tert-alkyl or cyclic N) is 1. The first kappa shape index (κ1) is 13.4. The number of aliphatic hydroxyl groups excluding tert-OH is 1. The van der Waals surface area contributed by atoms with Crippen molar-refractivity contribution in [2.75, 3.05) is 11.9 Å². The van der Waals surface area contributed by atoms with Crippen molar-refractivity contribution < 1.29 is 14.8 Å². The van der Waals surface area contributed by atoms with Crippen LogP contribution < -0.4 is 10.6 Å². The van der Waals surface area contributed by atoms with Gasteiger partial charge in [0.1, 0.15) is 0 Å². The van der Waals surface area contributed by atoms with Crippen LogP contribution in [-0.2, 0) is 4.79 Å². The molecule has 1 fully saturated rings. The summed E-state index contributed by atoms with van der Waals surface area (Å²) < 4.78 is 0. The molecule has 1 saturated heterocycles. The molecule has 0 radical (unpaired) electrons. The molecule has 19 heavy (non-hydrogen) atoms. The molecule has 3 N–H and O–H groups in total. The normalized spacial score (nSPS) is 22.2. The maximum atomic E-state index is 11.9. The molecule has 0 aliphatic carbocycles. The van der Waals surface area contributed by atoms with Gasteiger partial charge in [-0.3, -0.25) is 14.9 Å². The van der Waals surface area contributed by atoms with Gasteiger partial charge in [0.2, 0.25) is 5.91 Å². The smallest absolute Gasteiger partial charge is 0.274 e. The van der Waals surface area contributed by atoms with Crippen molar-refractivity contribution in [1.29, 1.82) is 0 Å². The number of nitrogens with one attached hydrogen (secondary N) is 2. The Labute approximate surface area is 109 Å². The van der Waals surface area contributed by atoms with Gasteiger partial charge in [0.15, 0.2) is 0 Å². The number of nitro benzene ring substituents is 1. The predicted molar refractivity (Wildman–Crippen MR) is 68.9 cm³/mol. The first-order valence-corrected chi connectivity index (χ1v) is 5.95. The largest absolute Gasteiger partial charge is 0.392 e. The standard InChI is InChI=1S/C12H15N3O4/c1-7-9(3-2-4-11(7)15(18)19)14-12(17)10-5-8(16)6-13-10/h2-4,8,10,13,16H,5-6H2,1H3,(H,14,17). The second-order valence-electron chi connectivity index (χ2n) is 4.55. The van der Waals surface area contributed by atoms with Crippen LogP contribution >= 0.6 is 0 Å². The number of hydrogen-bond acceptors (Lipinski definition) is 5. The number of amides is 1. The highest BCUT2D eigenvalue weighted by Gasteiger charge is 2.28. The molecule has 1 aromatic carbocycles. The van der Waals surface area contributed by atoms with Gasteiger partial charge in [-0.1, -0.05) is 6.07 Å². The Hall–Kier alpha value is -1.99. The van der Waals surface area contributed by atoms with E-state index < -0.39 is 17.1 Å². The number of carbonyl (C=O) groups excluding carboxylic acids is 1. The maximum Gasteiger partial charge on any atom is 0.274 e. The van der Waals surface area contributed by atoms with Gasteiger partial charge in [0, 0.05) is 12.6 Å². The van der Waals surface area contributed by atoms with E-state index in [-0.39, 0.29) is 11.6 Å². The average molecular weight is 265 g/mol. The van der Waals surface area contributed by atoms with Crippen LogP contribution in [0.5, 0.6) is 0 Å². The summed E-state index contributed by atoms with van der Waals surface area (Å²) in [5.41, 5.74) is 0.805. The highest BCUT2D eigenvalue weighted by atomic mass is 16.6. The SMILES string of the molecule is Cc1c(NC(=O)C2CC(O)CN2)cccc1[N+](=O)[O-]. The summed E-state index contributed by atoms with van der Waals surface area (Å²) >= 11 is 0. The van der Waals surface area contributed by atoms with E-state index in [1.165, 1.54) is 12.1 Å². The summed E-state index contributed by atoms with van der Waals surface area (Å²) in [5, 5.41) is 25.7. The molecule has 102 valence electrons. The molecule has 7 nitrogen and oxygen atoms in total. The van der Waals surface area contributed by atoms with Crippen LogP contribution in [0.4, 0.5) is 11.4 Å². The van der Waals surface area contributed by atoms with Crippen molar-refractivity contribution in [1.82, 2.24) is 5.32 Å². The van der Waals surface area contributed by atoms with E-state index in [4.69, 9.17) is 0 Å². The molecular weight excluding hydrogens is 250 g/mol. The van der Waals surface area contributed by atoms with Gasteiger partial charge in [-0.15, -0.1) is 0 Å². The number of aliphatic hydroxyl groups is 1. The second kappa shape index (κ2) is 5.33. The molecule has 7 heteroatoms. The van der Waals surface area contributed by atoms with E-state index in [1.807, 2.05) is 0 Å². The molecule has 1 aliphatic heterocycles. The number of carbonyl (C=O) groups is 1. The van der Waals surface area contributed by atoms with Gasteiger partial charge < -0.3 is 15.7 Å². The van der Waals surface area contributed by atoms with E-state index in [0.717, 1.165) is 0 Å². The molecule has 2 atom stereocenters. The second-order valence-corrected chi connectivity index (χ2v) is 4.55. The Balaban J connectivity index is 2.13. The Kier molecular flexibility index (Phi) is 3.77. The quantitative estimate of drug-likeness (QED) is 0.547. The Bertz CT molecular complexity index is 518. The topological polar surface area (TPSA) is 104 Å². The van der Waals surface area contributed by atoms with Gasteiger partial charge in [-0.05, 0) is 19.4 Å². The van der Waals surface area contributed by atoms with Gasteiger partial charge >= 0.3 is 0 Å². The first-order chi connectivity index (χ1) is 8.99. The van der Waals surface area contributed by atoms with Crippen molar-refractivity contribution >= 4 is 17.3 Å². The molecule has 2 rings (SSSR count). The van der Waals surface area contributed by atoms with Crippen molar-refractivity contribution in [3.63, 3.8) is 0 Å². The summed E-state index contributed by atoms with van der Waals surface area (Å²) in [4.78, 5) is 22.3. The maximum absolute atomic E-state index is 11.9. The number of benzene rings is 1. The van der Waals surface area contributed by atoms with Crippen LogP contribution in [0.25, 0.3) is 0 Å². The van der Waals surface area contributed by atoms with Gasteiger partial charge in [-0.25, -0.2) is 0 Å². The first-order valence-electron chi connectivity index (χ1n) is 5.95. The van der Waals surface area contributed by atoms with Gasteiger partial charge in [0.25, 0.3) is 5.69 Å². The lowest BCUT2D eigenvalue weighted by Crippen LogP contribution is -2.35. The zero-order chi connectivity index (χ0) is 14.0. The van der Waals surface area contributed by atoms with E-state index in [0.29, 0.717) is 24.2 Å². The summed E-state index contributed by atoms with van der Waals surface area (Å²) in [7, 11) is 0. The molecule has 1 aliphatic rings. The highest BCUT2D eigenvalue weighted by molar-refractivity contribution is 5.96. The van der Waals surface area contributed by atoms with Crippen LogP contribution in [-0.4, -0.2) is 34.6 Å². The van der Waals surface area contributed by atoms with E-state index in [9.17, 15) is 20.0 Å². The molecule has 2 unspecified atom stereocenters. The van der Waals surface area contributed by atoms with Crippen LogP contribution in [0.1, 0.15) is 12.0 Å². The number of hydrogen-bond donors (Lipinski definition) is 3. The third-order valence-electron chi connectivity index (χ3n) is 3.18. The molecular formula is C12H15N3O4. The molecule has 0 saturated carbocycles. The van der Waals surface area contributed by atoms with E-state index in [1.54, 1.807) is 13.0 Å². The fourth-order valence-corrected chi connectivity index (χ4v) is 2.09. The fraction of sp³-hybridized carbons (Fsp3) is 0.417. The van der Waals surface area contributed by atoms with Crippen molar-refractivity contribution in [2.24, 2.45) is 0 Å². The lowest BCUT2D eigenvalue weighted by atomic mass is 10.1. The molecule has 0 spiro atoms. The van der Waals surface area contributed by atoms with Crippen LogP contribution in [0.2, 0.25) is 0 Å². The Morgan fingerprint density at radius 2 is 2.32 bits per heavy atom. The van der Waals surface area contributed by atoms with Crippen molar-refractivity contribution in [2.45, 2.75) is 25.5 Å². The fourth-order valence-electron chi connectivity index (χ4n) is 2.09.